The number of carbonyl (C=O) groups is 2. The Balaban J connectivity index is 2.44. The van der Waals surface area contributed by atoms with Gasteiger partial charge in [0.15, 0.2) is 5.82 Å². The van der Waals surface area contributed by atoms with E-state index >= 15 is 0 Å². The maximum absolute atomic E-state index is 14.4. The number of pyridine rings is 1. The second-order valence-corrected chi connectivity index (χ2v) is 7.03. The lowest BCUT2D eigenvalue weighted by Gasteiger charge is -2.27. The van der Waals surface area contributed by atoms with Crippen molar-refractivity contribution in [2.24, 2.45) is 0 Å². The molecular weight excluding hydrogens is 370 g/mol. The van der Waals surface area contributed by atoms with Crippen molar-refractivity contribution in [2.45, 2.75) is 39.3 Å². The highest BCUT2D eigenvalue weighted by molar-refractivity contribution is 6.05. The third kappa shape index (κ3) is 4.93. The zero-order valence-electron chi connectivity index (χ0n) is 16.0. The van der Waals surface area contributed by atoms with Gasteiger partial charge < -0.3 is 15.8 Å². The van der Waals surface area contributed by atoms with E-state index in [1.807, 2.05) is 0 Å². The summed E-state index contributed by atoms with van der Waals surface area (Å²) in [6, 6.07) is 4.94. The van der Waals surface area contributed by atoms with Gasteiger partial charge in [-0.05, 0) is 52.0 Å². The molecule has 0 aliphatic carbocycles. The van der Waals surface area contributed by atoms with E-state index in [4.69, 9.17) is 10.5 Å². The quantitative estimate of drug-likeness (QED) is 0.830. The largest absolute Gasteiger partial charge is 0.444 e. The summed E-state index contributed by atoms with van der Waals surface area (Å²) in [5, 5.41) is 2.35. The Hall–Kier alpha value is -3.23. The Bertz CT molecular complexity index is 863. The van der Waals surface area contributed by atoms with Crippen LogP contribution in [0, 0.1) is 11.6 Å². The van der Waals surface area contributed by atoms with E-state index in [0.29, 0.717) is 4.90 Å². The number of alkyl carbamates (subject to hydrolysis) is 1. The van der Waals surface area contributed by atoms with Gasteiger partial charge in [0, 0.05) is 6.20 Å². The van der Waals surface area contributed by atoms with Crippen LogP contribution in [0.4, 0.5) is 30.8 Å². The smallest absolute Gasteiger partial charge is 0.408 e. The second-order valence-electron chi connectivity index (χ2n) is 7.03. The minimum absolute atomic E-state index is 0.0305. The predicted molar refractivity (Wildman–Crippen MR) is 101 cm³/mol. The Morgan fingerprint density at radius 2 is 1.79 bits per heavy atom. The van der Waals surface area contributed by atoms with E-state index in [2.05, 4.69) is 10.3 Å². The van der Waals surface area contributed by atoms with Crippen molar-refractivity contribution in [2.75, 3.05) is 10.6 Å². The van der Waals surface area contributed by atoms with Gasteiger partial charge in [-0.2, -0.15) is 0 Å². The van der Waals surface area contributed by atoms with Gasteiger partial charge in [-0.1, -0.05) is 6.07 Å². The molecule has 28 heavy (non-hydrogen) atoms. The maximum atomic E-state index is 14.4. The van der Waals surface area contributed by atoms with Crippen molar-refractivity contribution < 1.29 is 23.1 Å². The van der Waals surface area contributed by atoms with Crippen molar-refractivity contribution in [1.29, 1.82) is 0 Å². The van der Waals surface area contributed by atoms with Gasteiger partial charge in [-0.15, -0.1) is 0 Å². The molecule has 0 saturated carbocycles. The zero-order valence-corrected chi connectivity index (χ0v) is 16.0. The number of nitrogens with zero attached hydrogens (tertiary/aromatic N) is 2. The average Bonchev–Trinajstić information content (AvgIpc) is 2.57. The maximum Gasteiger partial charge on any atom is 0.408 e. The van der Waals surface area contributed by atoms with Crippen LogP contribution in [0.5, 0.6) is 0 Å². The number of nitrogen functional groups attached to an aromatic ring is 1. The topological polar surface area (TPSA) is 97.5 Å². The Labute approximate surface area is 161 Å². The average molecular weight is 392 g/mol. The van der Waals surface area contributed by atoms with E-state index in [9.17, 15) is 18.4 Å². The van der Waals surface area contributed by atoms with Crippen LogP contribution >= 0.6 is 0 Å². The number of hydrogen-bond donors (Lipinski definition) is 2. The number of hydrogen-bond acceptors (Lipinski definition) is 5. The number of nitrogens with two attached hydrogens (primary N) is 1. The van der Waals surface area contributed by atoms with Crippen LogP contribution in [0.2, 0.25) is 0 Å². The number of para-hydroxylation sites is 1. The number of anilines is 3. The van der Waals surface area contributed by atoms with Crippen molar-refractivity contribution >= 4 is 29.2 Å². The van der Waals surface area contributed by atoms with Gasteiger partial charge in [-0.25, -0.2) is 18.6 Å². The number of carbonyl (C=O) groups excluding carboxylic acids is 2. The first-order chi connectivity index (χ1) is 13.0. The number of rotatable bonds is 4. The van der Waals surface area contributed by atoms with E-state index in [1.54, 1.807) is 20.8 Å². The molecular formula is C19H22F2N4O3. The number of amides is 2. The lowest BCUT2D eigenvalue weighted by molar-refractivity contribution is -0.119. The molecule has 1 heterocycles. The summed E-state index contributed by atoms with van der Waals surface area (Å²) in [5.74, 6) is -2.97. The highest BCUT2D eigenvalue weighted by Crippen LogP contribution is 2.33. The molecule has 2 aromatic rings. The molecule has 3 N–H and O–H groups in total. The molecule has 7 nitrogen and oxygen atoms in total. The molecule has 0 radical (unpaired) electrons. The van der Waals surface area contributed by atoms with Crippen molar-refractivity contribution in [3.63, 3.8) is 0 Å². The fraction of sp³-hybridized carbons (Fsp3) is 0.316. The van der Waals surface area contributed by atoms with Crippen molar-refractivity contribution in [1.82, 2.24) is 10.3 Å². The second kappa shape index (κ2) is 8.20. The summed E-state index contributed by atoms with van der Waals surface area (Å²) in [6.07, 6.45) is 0.479. The summed E-state index contributed by atoms with van der Waals surface area (Å²) in [4.78, 5) is 29.7. The molecule has 2 rings (SSSR count). The van der Waals surface area contributed by atoms with Gasteiger partial charge in [0.1, 0.15) is 29.0 Å². The van der Waals surface area contributed by atoms with Crippen LogP contribution in [0.15, 0.2) is 36.5 Å². The molecule has 0 bridgehead atoms. The van der Waals surface area contributed by atoms with E-state index in [-0.39, 0.29) is 11.5 Å². The van der Waals surface area contributed by atoms with Crippen LogP contribution in [0.25, 0.3) is 0 Å². The number of benzene rings is 1. The first kappa shape index (κ1) is 21.1. The molecule has 2 amide bonds. The van der Waals surface area contributed by atoms with Crippen molar-refractivity contribution in [3.05, 3.63) is 48.2 Å². The third-order valence-electron chi connectivity index (χ3n) is 3.51. The van der Waals surface area contributed by atoms with Gasteiger partial charge in [0.25, 0.3) is 5.91 Å². The molecule has 0 fully saturated rings. The minimum Gasteiger partial charge on any atom is -0.444 e. The normalized spacial score (nSPS) is 12.2. The predicted octanol–water partition coefficient (Wildman–Crippen LogP) is 3.52. The number of ether oxygens (including phenoxy) is 1. The molecule has 0 aliphatic heterocycles. The van der Waals surface area contributed by atoms with E-state index < -0.39 is 41.0 Å². The van der Waals surface area contributed by atoms with Crippen LogP contribution in [-0.4, -0.2) is 28.6 Å². The fourth-order valence-electron chi connectivity index (χ4n) is 2.36. The standard InChI is InChI=1S/C19H22F2N4O3/c1-11(24-18(27)28-19(2,3)4)17(26)25(16-14(22)9-6-10-23-16)15-12(20)7-5-8-13(15)21/h5-11H,22H2,1-4H3,(H,24,27). The molecule has 0 spiro atoms. The highest BCUT2D eigenvalue weighted by atomic mass is 19.1. The van der Waals surface area contributed by atoms with Crippen LogP contribution in [0.1, 0.15) is 27.7 Å². The number of halogens is 2. The van der Waals surface area contributed by atoms with E-state index in [0.717, 1.165) is 12.1 Å². The first-order valence-corrected chi connectivity index (χ1v) is 8.49. The van der Waals surface area contributed by atoms with Gasteiger partial charge in [0.2, 0.25) is 0 Å². The van der Waals surface area contributed by atoms with Gasteiger partial charge in [0.05, 0.1) is 5.69 Å². The Morgan fingerprint density at radius 3 is 2.32 bits per heavy atom. The van der Waals surface area contributed by atoms with Crippen LogP contribution in [-0.2, 0) is 9.53 Å². The van der Waals surface area contributed by atoms with Gasteiger partial charge >= 0.3 is 6.09 Å². The van der Waals surface area contributed by atoms with Gasteiger partial charge in [-0.3, -0.25) is 9.69 Å². The molecule has 0 aliphatic rings. The molecule has 1 atom stereocenters. The lowest BCUT2D eigenvalue weighted by Crippen LogP contribution is -2.47. The molecule has 150 valence electrons. The summed E-state index contributed by atoms with van der Waals surface area (Å²) in [6.45, 7) is 6.34. The highest BCUT2D eigenvalue weighted by Gasteiger charge is 2.32. The summed E-state index contributed by atoms with van der Waals surface area (Å²) >= 11 is 0. The Kier molecular flexibility index (Phi) is 6.17. The Morgan fingerprint density at radius 1 is 1.18 bits per heavy atom. The molecule has 1 aromatic carbocycles. The third-order valence-corrected chi connectivity index (χ3v) is 3.51. The zero-order chi connectivity index (χ0) is 21.1. The first-order valence-electron chi connectivity index (χ1n) is 8.49. The molecule has 0 saturated heterocycles. The molecule has 1 unspecified atom stereocenters. The minimum atomic E-state index is -1.18. The van der Waals surface area contributed by atoms with Crippen LogP contribution in [0.3, 0.4) is 0 Å². The lowest BCUT2D eigenvalue weighted by atomic mass is 10.2. The number of nitrogens with one attached hydrogen (secondary N) is 1. The van der Waals surface area contributed by atoms with Crippen LogP contribution < -0.4 is 16.0 Å². The monoisotopic (exact) mass is 392 g/mol. The summed E-state index contributed by atoms with van der Waals surface area (Å²) in [5.41, 5.74) is 4.47. The SMILES string of the molecule is CC(NC(=O)OC(C)(C)C)C(=O)N(c1ncccc1N)c1c(F)cccc1F. The summed E-state index contributed by atoms with van der Waals surface area (Å²) in [7, 11) is 0. The van der Waals surface area contributed by atoms with E-state index in [1.165, 1.54) is 31.3 Å². The number of aromatic nitrogens is 1. The van der Waals surface area contributed by atoms with Crippen molar-refractivity contribution in [3.8, 4) is 0 Å². The summed E-state index contributed by atoms with van der Waals surface area (Å²) < 4.78 is 33.9. The fourth-order valence-corrected chi connectivity index (χ4v) is 2.36. The molecule has 1 aromatic heterocycles. The molecule has 9 heteroatoms.